The summed E-state index contributed by atoms with van der Waals surface area (Å²) in [6.45, 7) is 3.10. The molecule has 1 amide bonds. The third kappa shape index (κ3) is 4.55. The van der Waals surface area contributed by atoms with Crippen LogP contribution in [0.3, 0.4) is 0 Å². The number of hydrogen-bond acceptors (Lipinski definition) is 3. The van der Waals surface area contributed by atoms with Crippen molar-refractivity contribution in [1.29, 1.82) is 0 Å². The van der Waals surface area contributed by atoms with Gasteiger partial charge in [-0.1, -0.05) is 18.2 Å². The highest BCUT2D eigenvalue weighted by Crippen LogP contribution is 2.15. The third-order valence-electron chi connectivity index (χ3n) is 3.15. The molecule has 1 aromatic rings. The van der Waals surface area contributed by atoms with E-state index in [9.17, 15) is 4.79 Å². The molecule has 1 heterocycles. The van der Waals surface area contributed by atoms with Crippen molar-refractivity contribution in [2.75, 3.05) is 37.6 Å². The largest absolute Gasteiger partial charge is 0.370 e. The van der Waals surface area contributed by atoms with Crippen LogP contribution in [0.1, 0.15) is 0 Å². The Morgan fingerprint density at radius 3 is 2.25 bits per heavy atom. The van der Waals surface area contributed by atoms with E-state index in [0.29, 0.717) is 13.1 Å². The first-order chi connectivity index (χ1) is 9.16. The first-order valence-electron chi connectivity index (χ1n) is 6.30. The Hall–Kier alpha value is -1.51. The fourth-order valence-electron chi connectivity index (χ4n) is 2.11. The number of aliphatic imine (C=N–C) groups is 1. The van der Waals surface area contributed by atoms with Gasteiger partial charge < -0.3 is 21.3 Å². The molecule has 7 heteroatoms. The Morgan fingerprint density at radius 2 is 1.70 bits per heavy atom. The second-order valence-corrected chi connectivity index (χ2v) is 4.44. The SMILES string of the molecule is I.NC(N)=NCC(=O)N1CCN(c2ccccc2)CC1. The van der Waals surface area contributed by atoms with Crippen LogP contribution in [0.4, 0.5) is 5.69 Å². The number of benzene rings is 1. The zero-order valence-corrected chi connectivity index (χ0v) is 13.6. The van der Waals surface area contributed by atoms with E-state index in [0.717, 1.165) is 13.1 Å². The summed E-state index contributed by atoms with van der Waals surface area (Å²) in [5, 5.41) is 0. The molecule has 20 heavy (non-hydrogen) atoms. The number of nitrogens with zero attached hydrogens (tertiary/aromatic N) is 3. The van der Waals surface area contributed by atoms with Gasteiger partial charge in [0.25, 0.3) is 0 Å². The molecule has 1 fully saturated rings. The normalized spacial score (nSPS) is 14.4. The highest BCUT2D eigenvalue weighted by Gasteiger charge is 2.20. The summed E-state index contributed by atoms with van der Waals surface area (Å²) < 4.78 is 0. The summed E-state index contributed by atoms with van der Waals surface area (Å²) >= 11 is 0. The van der Waals surface area contributed by atoms with Crippen LogP contribution in [0.5, 0.6) is 0 Å². The van der Waals surface area contributed by atoms with Crippen molar-refractivity contribution in [2.45, 2.75) is 0 Å². The maximum Gasteiger partial charge on any atom is 0.244 e. The number of piperazine rings is 1. The number of rotatable bonds is 3. The van der Waals surface area contributed by atoms with E-state index in [2.05, 4.69) is 22.0 Å². The molecule has 0 bridgehead atoms. The van der Waals surface area contributed by atoms with Crippen molar-refractivity contribution in [1.82, 2.24) is 4.90 Å². The highest BCUT2D eigenvalue weighted by atomic mass is 127. The Kier molecular flexibility index (Phi) is 6.56. The van der Waals surface area contributed by atoms with E-state index in [1.165, 1.54) is 5.69 Å². The van der Waals surface area contributed by atoms with E-state index in [1.807, 2.05) is 18.2 Å². The second kappa shape index (κ2) is 7.93. The molecule has 1 aliphatic heterocycles. The van der Waals surface area contributed by atoms with Crippen LogP contribution in [0.15, 0.2) is 35.3 Å². The summed E-state index contributed by atoms with van der Waals surface area (Å²) in [6, 6.07) is 10.2. The standard InChI is InChI=1S/C13H19N5O.HI/c14-13(15)16-10-12(19)18-8-6-17(7-9-18)11-4-2-1-3-5-11;/h1-5H,6-10H2,(H4,14,15,16);1H. The zero-order valence-electron chi connectivity index (χ0n) is 11.2. The maximum atomic E-state index is 11.8. The van der Waals surface area contributed by atoms with Gasteiger partial charge in [0.1, 0.15) is 6.54 Å². The summed E-state index contributed by atoms with van der Waals surface area (Å²) in [6.07, 6.45) is 0. The van der Waals surface area contributed by atoms with Gasteiger partial charge in [-0.3, -0.25) is 4.79 Å². The van der Waals surface area contributed by atoms with Gasteiger partial charge in [-0.25, -0.2) is 4.99 Å². The van der Waals surface area contributed by atoms with E-state index < -0.39 is 0 Å². The molecule has 0 aromatic heterocycles. The lowest BCUT2D eigenvalue weighted by Crippen LogP contribution is -2.49. The summed E-state index contributed by atoms with van der Waals surface area (Å²) in [5.41, 5.74) is 11.6. The molecule has 0 atom stereocenters. The number of hydrogen-bond donors (Lipinski definition) is 2. The lowest BCUT2D eigenvalue weighted by atomic mass is 10.2. The minimum Gasteiger partial charge on any atom is -0.370 e. The minimum absolute atomic E-state index is 0. The number of anilines is 1. The van der Waals surface area contributed by atoms with Crippen LogP contribution in [0, 0.1) is 0 Å². The Labute approximate surface area is 135 Å². The summed E-state index contributed by atoms with van der Waals surface area (Å²) in [5.74, 6) is -0.0719. The first kappa shape index (κ1) is 16.5. The Morgan fingerprint density at radius 1 is 1.10 bits per heavy atom. The predicted octanol–water partition coefficient (Wildman–Crippen LogP) is 0.227. The number of guanidine groups is 1. The van der Waals surface area contributed by atoms with Crippen molar-refractivity contribution in [2.24, 2.45) is 16.5 Å². The van der Waals surface area contributed by atoms with Gasteiger partial charge in [0.15, 0.2) is 5.96 Å². The maximum absolute atomic E-state index is 11.8. The average Bonchev–Trinajstić information content (AvgIpc) is 2.46. The molecule has 110 valence electrons. The van der Waals surface area contributed by atoms with Crippen LogP contribution in [0.25, 0.3) is 0 Å². The molecule has 2 rings (SSSR count). The molecular formula is C13H20IN5O. The van der Waals surface area contributed by atoms with E-state index in [1.54, 1.807) is 4.90 Å². The van der Waals surface area contributed by atoms with Crippen LogP contribution >= 0.6 is 24.0 Å². The molecule has 1 saturated heterocycles. The molecule has 0 unspecified atom stereocenters. The molecule has 4 N–H and O–H groups in total. The van der Waals surface area contributed by atoms with Gasteiger partial charge in [-0.05, 0) is 12.1 Å². The predicted molar refractivity (Wildman–Crippen MR) is 91.3 cm³/mol. The minimum atomic E-state index is -0.0451. The molecular weight excluding hydrogens is 369 g/mol. The molecule has 0 aliphatic carbocycles. The number of amides is 1. The third-order valence-corrected chi connectivity index (χ3v) is 3.15. The fourth-order valence-corrected chi connectivity index (χ4v) is 2.11. The summed E-state index contributed by atoms with van der Waals surface area (Å²) in [7, 11) is 0. The average molecular weight is 389 g/mol. The number of para-hydroxylation sites is 1. The van der Waals surface area contributed by atoms with Crippen molar-refractivity contribution in [3.63, 3.8) is 0 Å². The van der Waals surface area contributed by atoms with Crippen molar-refractivity contribution >= 4 is 41.5 Å². The number of halogens is 1. The molecule has 1 aromatic carbocycles. The van der Waals surface area contributed by atoms with Crippen LogP contribution in [-0.2, 0) is 4.79 Å². The molecule has 0 radical (unpaired) electrons. The van der Waals surface area contributed by atoms with Crippen LogP contribution in [-0.4, -0.2) is 49.5 Å². The van der Waals surface area contributed by atoms with Gasteiger partial charge in [0, 0.05) is 31.9 Å². The topological polar surface area (TPSA) is 87.9 Å². The van der Waals surface area contributed by atoms with Crippen molar-refractivity contribution < 1.29 is 4.79 Å². The number of nitrogens with two attached hydrogens (primary N) is 2. The smallest absolute Gasteiger partial charge is 0.244 e. The lowest BCUT2D eigenvalue weighted by molar-refractivity contribution is -0.129. The van der Waals surface area contributed by atoms with Crippen molar-refractivity contribution in [3.8, 4) is 0 Å². The van der Waals surface area contributed by atoms with Gasteiger partial charge in [0.05, 0.1) is 0 Å². The Bertz CT molecular complexity index is 453. The lowest BCUT2D eigenvalue weighted by Gasteiger charge is -2.35. The monoisotopic (exact) mass is 389 g/mol. The van der Waals surface area contributed by atoms with Gasteiger partial charge in [-0.2, -0.15) is 0 Å². The fraction of sp³-hybridized carbons (Fsp3) is 0.385. The van der Waals surface area contributed by atoms with E-state index >= 15 is 0 Å². The number of carbonyl (C=O) groups is 1. The zero-order chi connectivity index (χ0) is 13.7. The van der Waals surface area contributed by atoms with Crippen LogP contribution in [0.2, 0.25) is 0 Å². The van der Waals surface area contributed by atoms with E-state index in [4.69, 9.17) is 11.5 Å². The molecule has 0 saturated carbocycles. The summed E-state index contributed by atoms with van der Waals surface area (Å²) in [4.78, 5) is 19.6. The number of carbonyl (C=O) groups excluding carboxylic acids is 1. The van der Waals surface area contributed by atoms with Crippen molar-refractivity contribution in [3.05, 3.63) is 30.3 Å². The molecule has 6 nitrogen and oxygen atoms in total. The molecule has 1 aliphatic rings. The van der Waals surface area contributed by atoms with Gasteiger partial charge >= 0.3 is 0 Å². The quantitative estimate of drug-likeness (QED) is 0.440. The molecule has 0 spiro atoms. The van der Waals surface area contributed by atoms with E-state index in [-0.39, 0.29) is 42.4 Å². The Balaban J connectivity index is 0.00000200. The highest BCUT2D eigenvalue weighted by molar-refractivity contribution is 14.0. The van der Waals surface area contributed by atoms with Gasteiger partial charge in [-0.15, -0.1) is 24.0 Å². The van der Waals surface area contributed by atoms with Gasteiger partial charge in [0.2, 0.25) is 5.91 Å². The second-order valence-electron chi connectivity index (χ2n) is 4.44. The first-order valence-corrected chi connectivity index (χ1v) is 6.30. The van der Waals surface area contributed by atoms with Crippen LogP contribution < -0.4 is 16.4 Å².